The highest BCUT2D eigenvalue weighted by atomic mass is 19.1. The molecule has 1 unspecified atom stereocenters. The molecule has 4 N–H and O–H groups in total. The van der Waals surface area contributed by atoms with Gasteiger partial charge in [-0.05, 0) is 93.2 Å². The number of hydrogen-bond donors (Lipinski definition) is 4. The first-order valence-electron chi connectivity index (χ1n) is 20.4. The number of piperazine rings is 1. The smallest absolute Gasteiger partial charge is 0.249 e. The topological polar surface area (TPSA) is 132 Å². The van der Waals surface area contributed by atoms with Gasteiger partial charge in [0.15, 0.2) is 5.82 Å². The van der Waals surface area contributed by atoms with Crippen LogP contribution in [0.1, 0.15) is 64.2 Å². The molecule has 2 saturated carbocycles. The van der Waals surface area contributed by atoms with Gasteiger partial charge in [-0.3, -0.25) is 24.6 Å². The molecule has 0 radical (unpaired) electrons. The van der Waals surface area contributed by atoms with E-state index in [1.807, 2.05) is 54.6 Å². The molecule has 3 heterocycles. The summed E-state index contributed by atoms with van der Waals surface area (Å²) in [6, 6.07) is 22.8. The van der Waals surface area contributed by atoms with Crippen molar-refractivity contribution < 1.29 is 23.2 Å². The van der Waals surface area contributed by atoms with Crippen molar-refractivity contribution in [2.24, 2.45) is 5.92 Å². The van der Waals surface area contributed by atoms with Crippen LogP contribution >= 0.6 is 0 Å². The molecule has 3 aromatic carbocycles. The number of carbonyl (C=O) groups is 3. The number of aromatic nitrogens is 2. The highest BCUT2D eigenvalue weighted by Gasteiger charge is 2.33. The van der Waals surface area contributed by atoms with E-state index < -0.39 is 11.9 Å². The molecule has 298 valence electrons. The van der Waals surface area contributed by atoms with Crippen molar-refractivity contribution in [3.63, 3.8) is 0 Å². The lowest BCUT2D eigenvalue weighted by molar-refractivity contribution is -0.133. The molecule has 3 amide bonds. The summed E-state index contributed by atoms with van der Waals surface area (Å²) in [5.41, 5.74) is 4.08. The first kappa shape index (κ1) is 38.4. The van der Waals surface area contributed by atoms with Crippen LogP contribution in [0.4, 0.5) is 26.1 Å². The van der Waals surface area contributed by atoms with E-state index in [1.165, 1.54) is 12.3 Å². The van der Waals surface area contributed by atoms with E-state index in [4.69, 9.17) is 0 Å². The Bertz CT molecular complexity index is 2060. The molecule has 2 aliphatic carbocycles. The third-order valence-electron chi connectivity index (χ3n) is 12.2. The average molecular weight is 777 g/mol. The average Bonchev–Trinajstić information content (AvgIpc) is 3.24. The van der Waals surface area contributed by atoms with Gasteiger partial charge in [-0.25, -0.2) is 18.7 Å². The number of rotatable bonds is 10. The van der Waals surface area contributed by atoms with E-state index in [1.54, 1.807) is 12.1 Å². The van der Waals surface area contributed by atoms with E-state index in [-0.39, 0.29) is 53.7 Å². The predicted molar refractivity (Wildman–Crippen MR) is 216 cm³/mol. The van der Waals surface area contributed by atoms with Crippen LogP contribution in [-0.4, -0.2) is 82.9 Å². The van der Waals surface area contributed by atoms with E-state index in [0.717, 1.165) is 75.6 Å². The second kappa shape index (κ2) is 17.4. The lowest BCUT2D eigenvalue weighted by Crippen LogP contribution is -2.52. The summed E-state index contributed by atoms with van der Waals surface area (Å²) in [6.07, 6.45) is 8.97. The summed E-state index contributed by atoms with van der Waals surface area (Å²) in [6.45, 7) is 3.10. The molecule has 0 spiro atoms. The number of amides is 3. The van der Waals surface area contributed by atoms with Gasteiger partial charge in [0.1, 0.15) is 17.6 Å². The highest BCUT2D eigenvalue weighted by Crippen LogP contribution is 2.32. The number of halogens is 2. The Morgan fingerprint density at radius 1 is 0.719 bits per heavy atom. The summed E-state index contributed by atoms with van der Waals surface area (Å²) in [5, 5.41) is 12.1. The fourth-order valence-electron chi connectivity index (χ4n) is 8.92. The van der Waals surface area contributed by atoms with Gasteiger partial charge in [0.05, 0.1) is 11.9 Å². The molecule has 0 bridgehead atoms. The summed E-state index contributed by atoms with van der Waals surface area (Å²) in [4.78, 5) is 50.3. The number of benzene rings is 3. The van der Waals surface area contributed by atoms with Gasteiger partial charge in [-0.2, -0.15) is 0 Å². The van der Waals surface area contributed by atoms with Crippen molar-refractivity contribution in [3.8, 4) is 22.4 Å². The third-order valence-corrected chi connectivity index (χ3v) is 12.2. The van der Waals surface area contributed by atoms with Gasteiger partial charge in [0.25, 0.3) is 0 Å². The SMILES string of the molecule is O=C1CCC(Nc2ccc(N3CCN(C4CCC(C(=O)NC5CCC(Nc6ncc(F)c(-c7cccc(-c8ccccc8)c7)n6)CC5)CC4)CC3)c(F)c2)C(=O)N1. The molecule has 1 atom stereocenters. The van der Waals surface area contributed by atoms with Gasteiger partial charge in [-0.15, -0.1) is 0 Å². The maximum Gasteiger partial charge on any atom is 0.249 e. The first-order valence-corrected chi connectivity index (χ1v) is 20.4. The molecule has 4 aliphatic rings. The molecule has 57 heavy (non-hydrogen) atoms. The zero-order valence-electron chi connectivity index (χ0n) is 32.1. The van der Waals surface area contributed by atoms with Crippen LogP contribution in [0.2, 0.25) is 0 Å². The molecule has 2 aliphatic heterocycles. The zero-order chi connectivity index (χ0) is 39.3. The van der Waals surface area contributed by atoms with Gasteiger partial charge >= 0.3 is 0 Å². The Kier molecular flexibility index (Phi) is 11.7. The van der Waals surface area contributed by atoms with E-state index in [0.29, 0.717) is 48.4 Å². The van der Waals surface area contributed by atoms with E-state index in [9.17, 15) is 18.8 Å². The second-order valence-corrected chi connectivity index (χ2v) is 15.9. The van der Waals surface area contributed by atoms with Crippen LogP contribution in [0.25, 0.3) is 22.4 Å². The molecule has 8 rings (SSSR count). The van der Waals surface area contributed by atoms with Gasteiger partial charge in [0.2, 0.25) is 23.7 Å². The monoisotopic (exact) mass is 776 g/mol. The number of imide groups is 1. The Morgan fingerprint density at radius 2 is 1.44 bits per heavy atom. The summed E-state index contributed by atoms with van der Waals surface area (Å²) in [5.74, 6) is -0.886. The number of carbonyl (C=O) groups excluding carboxylic acids is 3. The molecule has 1 aromatic heterocycles. The van der Waals surface area contributed by atoms with Crippen molar-refractivity contribution in [2.45, 2.75) is 88.4 Å². The number of piperidine rings is 1. The molecule has 11 nitrogen and oxygen atoms in total. The van der Waals surface area contributed by atoms with E-state index in [2.05, 4.69) is 41.0 Å². The maximum absolute atomic E-state index is 15.2. The molecule has 2 saturated heterocycles. The largest absolute Gasteiger partial charge is 0.374 e. The van der Waals surface area contributed by atoms with Crippen molar-refractivity contribution in [1.82, 2.24) is 25.5 Å². The van der Waals surface area contributed by atoms with Crippen LogP contribution in [0.5, 0.6) is 0 Å². The maximum atomic E-state index is 15.2. The van der Waals surface area contributed by atoms with Crippen molar-refractivity contribution in [2.75, 3.05) is 41.7 Å². The lowest BCUT2D eigenvalue weighted by Gasteiger charge is -2.42. The second-order valence-electron chi connectivity index (χ2n) is 15.9. The Morgan fingerprint density at radius 3 is 2.18 bits per heavy atom. The number of nitrogens with zero attached hydrogens (tertiary/aromatic N) is 4. The lowest BCUT2D eigenvalue weighted by atomic mass is 9.83. The summed E-state index contributed by atoms with van der Waals surface area (Å²) >= 11 is 0. The number of nitrogens with one attached hydrogen (secondary N) is 4. The van der Waals surface area contributed by atoms with Crippen molar-refractivity contribution >= 4 is 35.0 Å². The van der Waals surface area contributed by atoms with E-state index >= 15 is 4.39 Å². The van der Waals surface area contributed by atoms with Crippen molar-refractivity contribution in [1.29, 1.82) is 0 Å². The number of hydrogen-bond acceptors (Lipinski definition) is 9. The minimum Gasteiger partial charge on any atom is -0.374 e. The Balaban J connectivity index is 0.756. The zero-order valence-corrected chi connectivity index (χ0v) is 32.1. The van der Waals surface area contributed by atoms with Crippen LogP contribution in [0.15, 0.2) is 79.0 Å². The van der Waals surface area contributed by atoms with Gasteiger partial charge < -0.3 is 20.9 Å². The highest BCUT2D eigenvalue weighted by molar-refractivity contribution is 6.01. The van der Waals surface area contributed by atoms with Crippen LogP contribution < -0.4 is 26.2 Å². The summed E-state index contributed by atoms with van der Waals surface area (Å²) < 4.78 is 30.2. The molecule has 13 heteroatoms. The molecule has 4 fully saturated rings. The predicted octanol–water partition coefficient (Wildman–Crippen LogP) is 6.53. The summed E-state index contributed by atoms with van der Waals surface area (Å²) in [7, 11) is 0. The van der Waals surface area contributed by atoms with Crippen LogP contribution in [0, 0.1) is 17.6 Å². The Hall–Kier alpha value is -5.43. The quantitative estimate of drug-likeness (QED) is 0.133. The van der Waals surface area contributed by atoms with Crippen LogP contribution in [0.3, 0.4) is 0 Å². The van der Waals surface area contributed by atoms with Gasteiger partial charge in [-0.1, -0.05) is 48.5 Å². The fourth-order valence-corrected chi connectivity index (χ4v) is 8.92. The standard InChI is InChI=1S/C44H50F2N8O3/c45-36-26-34(48-38-18-20-40(55)51-43(38)57)15-19-39(36)54-23-21-53(22-24-54)35-16-9-29(10-17-35)42(56)49-32-11-13-33(14-12-32)50-44-47-27-37(46)41(52-44)31-8-4-7-30(25-31)28-5-2-1-3-6-28/h1-8,15,19,25-27,29,32-33,35,38,48H,9-14,16-18,20-24H2,(H,49,56)(H,47,50,52)(H,51,55,57). The van der Waals surface area contributed by atoms with Gasteiger partial charge in [0, 0.05) is 67.9 Å². The minimum atomic E-state index is -0.558. The number of anilines is 3. The molecular formula is C44H50F2N8O3. The van der Waals surface area contributed by atoms with Crippen LogP contribution in [-0.2, 0) is 14.4 Å². The Labute approximate surface area is 332 Å². The first-order chi connectivity index (χ1) is 27.8. The third kappa shape index (κ3) is 9.25. The molecule has 4 aromatic rings. The fraction of sp³-hybridized carbons (Fsp3) is 0.432. The normalized spacial score (nSPS) is 24.4. The molecular weight excluding hydrogens is 727 g/mol. The minimum absolute atomic E-state index is 0.0196. The van der Waals surface area contributed by atoms with Crippen molar-refractivity contribution in [3.05, 3.63) is 90.6 Å².